The number of rotatable bonds is 6. The molecule has 1 aromatic carbocycles. The van der Waals surface area contributed by atoms with Crippen LogP contribution in [0, 0.1) is 0 Å². The molecule has 0 heterocycles. The lowest BCUT2D eigenvalue weighted by atomic mass is 10.0. The van der Waals surface area contributed by atoms with Crippen molar-refractivity contribution in [2.45, 2.75) is 31.8 Å². The number of benzene rings is 1. The predicted molar refractivity (Wildman–Crippen MR) is 71.8 cm³/mol. The summed E-state index contributed by atoms with van der Waals surface area (Å²) in [7, 11) is 2.02. The van der Waals surface area contributed by atoms with Gasteiger partial charge in [0.25, 0.3) is 0 Å². The van der Waals surface area contributed by atoms with Crippen LogP contribution in [0.4, 0.5) is 0 Å². The van der Waals surface area contributed by atoms with Crippen LogP contribution in [0.3, 0.4) is 0 Å². The average molecular weight is 236 g/mol. The van der Waals surface area contributed by atoms with Gasteiger partial charge in [0.1, 0.15) is 0 Å². The van der Waals surface area contributed by atoms with Crippen molar-refractivity contribution in [2.75, 3.05) is 20.2 Å². The zero-order valence-electron chi connectivity index (χ0n) is 11.1. The summed E-state index contributed by atoms with van der Waals surface area (Å²) in [6.07, 6.45) is 0.893. The highest BCUT2D eigenvalue weighted by Gasteiger charge is 2.22. The molecule has 0 bridgehead atoms. The summed E-state index contributed by atoms with van der Waals surface area (Å²) in [5, 5.41) is 9.27. The van der Waals surface area contributed by atoms with Crippen molar-refractivity contribution < 1.29 is 5.11 Å². The van der Waals surface area contributed by atoms with Gasteiger partial charge in [0.15, 0.2) is 0 Å². The first-order valence-corrected chi connectivity index (χ1v) is 6.10. The molecule has 96 valence electrons. The van der Waals surface area contributed by atoms with E-state index in [0.29, 0.717) is 0 Å². The molecule has 0 fully saturated rings. The van der Waals surface area contributed by atoms with Crippen LogP contribution in [0.25, 0.3) is 0 Å². The number of aliphatic hydroxyl groups is 1. The van der Waals surface area contributed by atoms with Crippen LogP contribution in [0.1, 0.15) is 31.9 Å². The van der Waals surface area contributed by atoms with Crippen LogP contribution in [-0.2, 0) is 0 Å². The minimum Gasteiger partial charge on any atom is -0.394 e. The molecule has 0 aromatic heterocycles. The summed E-state index contributed by atoms with van der Waals surface area (Å²) in [6.45, 7) is 5.09. The van der Waals surface area contributed by atoms with Crippen molar-refractivity contribution in [3.63, 3.8) is 0 Å². The van der Waals surface area contributed by atoms with Gasteiger partial charge >= 0.3 is 0 Å². The molecule has 0 amide bonds. The fourth-order valence-corrected chi connectivity index (χ4v) is 1.62. The maximum absolute atomic E-state index is 9.27. The van der Waals surface area contributed by atoms with E-state index in [9.17, 15) is 5.11 Å². The van der Waals surface area contributed by atoms with Gasteiger partial charge in [-0.25, -0.2) is 0 Å². The van der Waals surface area contributed by atoms with E-state index in [4.69, 9.17) is 5.73 Å². The smallest absolute Gasteiger partial charge is 0.0609 e. The first-order valence-electron chi connectivity index (χ1n) is 6.10. The molecule has 1 atom stereocenters. The Bertz CT molecular complexity index is 324. The Morgan fingerprint density at radius 2 is 1.88 bits per heavy atom. The van der Waals surface area contributed by atoms with E-state index in [1.165, 1.54) is 5.56 Å². The first kappa shape index (κ1) is 14.2. The second kappa shape index (κ2) is 6.15. The molecule has 0 aliphatic rings. The van der Waals surface area contributed by atoms with Crippen LogP contribution in [-0.4, -0.2) is 35.7 Å². The van der Waals surface area contributed by atoms with Crippen molar-refractivity contribution in [3.05, 3.63) is 35.9 Å². The summed E-state index contributed by atoms with van der Waals surface area (Å²) < 4.78 is 0. The third kappa shape index (κ3) is 4.11. The standard InChI is InChI=1S/C14H24N2O/c1-14(2,11-17)16(3)10-9-13(15)12-7-5-4-6-8-12/h4-8,13,17H,9-11,15H2,1-3H3. The number of likely N-dealkylation sites (N-methyl/N-ethyl adjacent to an activating group) is 1. The van der Waals surface area contributed by atoms with Crippen LogP contribution < -0.4 is 5.73 Å². The zero-order chi connectivity index (χ0) is 12.9. The van der Waals surface area contributed by atoms with Gasteiger partial charge in [-0.2, -0.15) is 0 Å². The van der Waals surface area contributed by atoms with Crippen LogP contribution in [0.5, 0.6) is 0 Å². The van der Waals surface area contributed by atoms with E-state index in [1.54, 1.807) is 0 Å². The van der Waals surface area contributed by atoms with Crippen LogP contribution >= 0.6 is 0 Å². The summed E-state index contributed by atoms with van der Waals surface area (Å²) in [4.78, 5) is 2.15. The van der Waals surface area contributed by atoms with Crippen molar-refractivity contribution in [1.82, 2.24) is 4.90 Å². The number of nitrogens with zero attached hydrogens (tertiary/aromatic N) is 1. The maximum Gasteiger partial charge on any atom is 0.0609 e. The zero-order valence-corrected chi connectivity index (χ0v) is 11.1. The van der Waals surface area contributed by atoms with Gasteiger partial charge in [0, 0.05) is 18.1 Å². The van der Waals surface area contributed by atoms with Gasteiger partial charge in [-0.3, -0.25) is 4.90 Å². The van der Waals surface area contributed by atoms with Gasteiger partial charge in [-0.05, 0) is 32.9 Å². The predicted octanol–water partition coefficient (Wildman–Crippen LogP) is 1.78. The second-order valence-electron chi connectivity index (χ2n) is 5.20. The largest absolute Gasteiger partial charge is 0.394 e. The Hall–Kier alpha value is -0.900. The minimum absolute atomic E-state index is 0.0631. The highest BCUT2D eigenvalue weighted by atomic mass is 16.3. The highest BCUT2D eigenvalue weighted by Crippen LogP contribution is 2.17. The molecule has 0 saturated carbocycles. The molecule has 3 N–H and O–H groups in total. The van der Waals surface area contributed by atoms with Crippen molar-refractivity contribution in [1.29, 1.82) is 0 Å². The SMILES string of the molecule is CN(CCC(N)c1ccccc1)C(C)(C)CO. The molecule has 3 nitrogen and oxygen atoms in total. The lowest BCUT2D eigenvalue weighted by Gasteiger charge is -2.34. The summed E-state index contributed by atoms with van der Waals surface area (Å²) in [5.41, 5.74) is 7.12. The quantitative estimate of drug-likeness (QED) is 0.791. The third-order valence-electron chi connectivity index (χ3n) is 3.42. The normalized spacial score (nSPS) is 14.0. The molecule has 3 heteroatoms. The second-order valence-corrected chi connectivity index (χ2v) is 5.20. The molecular weight excluding hydrogens is 212 g/mol. The molecule has 1 rings (SSSR count). The summed E-state index contributed by atoms with van der Waals surface area (Å²) >= 11 is 0. The summed E-state index contributed by atoms with van der Waals surface area (Å²) in [5.74, 6) is 0. The fraction of sp³-hybridized carbons (Fsp3) is 0.571. The van der Waals surface area contributed by atoms with Crippen LogP contribution in [0.15, 0.2) is 30.3 Å². The van der Waals surface area contributed by atoms with E-state index < -0.39 is 0 Å². The van der Waals surface area contributed by atoms with Crippen LogP contribution in [0.2, 0.25) is 0 Å². The molecular formula is C14H24N2O. The molecule has 0 aliphatic carbocycles. The monoisotopic (exact) mass is 236 g/mol. The number of hydrogen-bond donors (Lipinski definition) is 2. The van der Waals surface area contributed by atoms with Crippen molar-refractivity contribution in [3.8, 4) is 0 Å². The van der Waals surface area contributed by atoms with Gasteiger partial charge in [0.05, 0.1) is 6.61 Å². The van der Waals surface area contributed by atoms with E-state index in [0.717, 1.165) is 13.0 Å². The van der Waals surface area contributed by atoms with E-state index >= 15 is 0 Å². The molecule has 1 unspecified atom stereocenters. The number of aliphatic hydroxyl groups excluding tert-OH is 1. The Morgan fingerprint density at radius 1 is 1.29 bits per heavy atom. The topological polar surface area (TPSA) is 49.5 Å². The van der Waals surface area contributed by atoms with E-state index in [-0.39, 0.29) is 18.2 Å². The Labute approximate surface area is 104 Å². The van der Waals surface area contributed by atoms with Crippen molar-refractivity contribution >= 4 is 0 Å². The molecule has 0 saturated heterocycles. The number of hydrogen-bond acceptors (Lipinski definition) is 3. The first-order chi connectivity index (χ1) is 7.97. The van der Waals surface area contributed by atoms with Gasteiger partial charge in [-0.15, -0.1) is 0 Å². The van der Waals surface area contributed by atoms with Crippen molar-refractivity contribution in [2.24, 2.45) is 5.73 Å². The highest BCUT2D eigenvalue weighted by molar-refractivity contribution is 5.18. The minimum atomic E-state index is -0.184. The number of nitrogens with two attached hydrogens (primary N) is 1. The summed E-state index contributed by atoms with van der Waals surface area (Å²) in [6, 6.07) is 10.2. The van der Waals surface area contributed by atoms with E-state index in [2.05, 4.69) is 17.0 Å². The lowest BCUT2D eigenvalue weighted by molar-refractivity contribution is 0.0767. The fourth-order valence-electron chi connectivity index (χ4n) is 1.62. The molecule has 1 aromatic rings. The molecule has 17 heavy (non-hydrogen) atoms. The average Bonchev–Trinajstić information content (AvgIpc) is 2.36. The van der Waals surface area contributed by atoms with Gasteiger partial charge in [0.2, 0.25) is 0 Å². The molecule has 0 spiro atoms. The molecule has 0 aliphatic heterocycles. The third-order valence-corrected chi connectivity index (χ3v) is 3.42. The molecule has 0 radical (unpaired) electrons. The van der Waals surface area contributed by atoms with Gasteiger partial charge < -0.3 is 10.8 Å². The Kier molecular flexibility index (Phi) is 5.12. The maximum atomic E-state index is 9.27. The lowest BCUT2D eigenvalue weighted by Crippen LogP contribution is -2.45. The van der Waals surface area contributed by atoms with E-state index in [1.807, 2.05) is 39.1 Å². The van der Waals surface area contributed by atoms with Gasteiger partial charge in [-0.1, -0.05) is 30.3 Å². The Morgan fingerprint density at radius 3 is 2.41 bits per heavy atom. The Balaban J connectivity index is 2.46.